The SMILES string of the molecule is C[Si](C)(Oc1cccc2cc3ccccc3cc12)O[Si](C)(C)Oc1cccc2cc3ccccc3cc12. The van der Waals surface area contributed by atoms with Crippen LogP contribution >= 0.6 is 0 Å². The van der Waals surface area contributed by atoms with Crippen molar-refractivity contribution in [3.63, 3.8) is 0 Å². The Balaban J connectivity index is 1.29. The van der Waals surface area contributed by atoms with Gasteiger partial charge < -0.3 is 13.0 Å². The number of hydrogen-bond donors (Lipinski definition) is 0. The third kappa shape index (κ3) is 4.86. The highest BCUT2D eigenvalue weighted by Crippen LogP contribution is 2.34. The smallest absolute Gasteiger partial charge is 0.384 e. The molecule has 184 valence electrons. The van der Waals surface area contributed by atoms with Crippen molar-refractivity contribution in [3.8, 4) is 11.5 Å². The Hall–Kier alpha value is -3.65. The Labute approximate surface area is 219 Å². The molecule has 0 aliphatic rings. The number of rotatable bonds is 6. The molecular formula is C32H30O3Si2. The molecule has 5 heteroatoms. The van der Waals surface area contributed by atoms with Crippen LogP contribution in [0.4, 0.5) is 0 Å². The summed E-state index contributed by atoms with van der Waals surface area (Å²) in [6, 6.07) is 38.2. The van der Waals surface area contributed by atoms with Crippen molar-refractivity contribution in [1.82, 2.24) is 0 Å². The van der Waals surface area contributed by atoms with Crippen LogP contribution in [0.25, 0.3) is 43.1 Å². The van der Waals surface area contributed by atoms with E-state index in [1.54, 1.807) is 0 Å². The molecule has 3 nitrogen and oxygen atoms in total. The fraction of sp³-hybridized carbons (Fsp3) is 0.125. The van der Waals surface area contributed by atoms with E-state index in [1.165, 1.54) is 21.5 Å². The molecule has 37 heavy (non-hydrogen) atoms. The van der Waals surface area contributed by atoms with E-state index in [0.717, 1.165) is 33.0 Å². The number of benzene rings is 6. The molecule has 0 saturated heterocycles. The molecule has 0 N–H and O–H groups in total. The standard InChI is InChI=1S/C32H30O3Si2/c1-36(2,33-31-17-9-15-27-19-23-11-5-7-13-25(23)21-29(27)31)35-37(3,4)34-32-18-10-16-28-20-24-12-6-8-14-26(24)22-30(28)32/h5-22H,1-4H3. The molecule has 0 aliphatic carbocycles. The van der Waals surface area contributed by atoms with Gasteiger partial charge in [-0.2, -0.15) is 0 Å². The van der Waals surface area contributed by atoms with Crippen LogP contribution in [0.1, 0.15) is 0 Å². The zero-order chi connectivity index (χ0) is 25.6. The first kappa shape index (κ1) is 23.7. The predicted molar refractivity (Wildman–Crippen MR) is 160 cm³/mol. The van der Waals surface area contributed by atoms with Crippen molar-refractivity contribution in [2.45, 2.75) is 26.2 Å². The summed E-state index contributed by atoms with van der Waals surface area (Å²) < 4.78 is 20.0. The van der Waals surface area contributed by atoms with E-state index in [-0.39, 0.29) is 0 Å². The summed E-state index contributed by atoms with van der Waals surface area (Å²) in [5.41, 5.74) is 0. The van der Waals surface area contributed by atoms with E-state index in [9.17, 15) is 0 Å². The van der Waals surface area contributed by atoms with Crippen LogP contribution in [0.3, 0.4) is 0 Å². The van der Waals surface area contributed by atoms with E-state index in [2.05, 4.69) is 123 Å². The first-order valence-electron chi connectivity index (χ1n) is 12.7. The molecule has 6 aromatic carbocycles. The van der Waals surface area contributed by atoms with Crippen molar-refractivity contribution < 1.29 is 13.0 Å². The largest absolute Gasteiger partial charge is 0.520 e. The summed E-state index contributed by atoms with van der Waals surface area (Å²) in [7, 11) is -5.19. The second kappa shape index (κ2) is 9.03. The Morgan fingerprint density at radius 2 is 0.757 bits per heavy atom. The first-order valence-corrected chi connectivity index (χ1v) is 18.3. The molecule has 0 radical (unpaired) electrons. The minimum Gasteiger partial charge on any atom is -0.520 e. The van der Waals surface area contributed by atoms with Gasteiger partial charge in [0.15, 0.2) is 0 Å². The van der Waals surface area contributed by atoms with E-state index >= 15 is 0 Å². The Morgan fingerprint density at radius 3 is 1.16 bits per heavy atom. The van der Waals surface area contributed by atoms with Gasteiger partial charge in [-0.15, -0.1) is 0 Å². The van der Waals surface area contributed by atoms with Gasteiger partial charge in [-0.3, -0.25) is 0 Å². The Morgan fingerprint density at radius 1 is 0.405 bits per heavy atom. The summed E-state index contributed by atoms with van der Waals surface area (Å²) in [5.74, 6) is 1.72. The molecule has 0 atom stereocenters. The third-order valence-corrected chi connectivity index (χ3v) is 12.0. The van der Waals surface area contributed by atoms with E-state index in [1.807, 2.05) is 12.1 Å². The number of fused-ring (bicyclic) bond motifs is 4. The van der Waals surface area contributed by atoms with Crippen LogP contribution in [0.5, 0.6) is 11.5 Å². The molecule has 0 fully saturated rings. The maximum Gasteiger partial charge on any atom is 0.384 e. The van der Waals surface area contributed by atoms with Crippen LogP contribution in [0.2, 0.25) is 26.2 Å². The minimum atomic E-state index is -2.59. The van der Waals surface area contributed by atoms with E-state index in [4.69, 9.17) is 13.0 Å². The van der Waals surface area contributed by atoms with Crippen LogP contribution in [0, 0.1) is 0 Å². The van der Waals surface area contributed by atoms with Gasteiger partial charge in [0, 0.05) is 10.8 Å². The summed E-state index contributed by atoms with van der Waals surface area (Å²) in [6.07, 6.45) is 0. The highest BCUT2D eigenvalue weighted by Gasteiger charge is 2.39. The molecule has 6 rings (SSSR count). The minimum absolute atomic E-state index is 0.862. The van der Waals surface area contributed by atoms with Crippen LogP contribution in [0.15, 0.2) is 109 Å². The average Bonchev–Trinajstić information content (AvgIpc) is 2.86. The maximum absolute atomic E-state index is 6.74. The highest BCUT2D eigenvalue weighted by atomic mass is 28.5. The maximum atomic E-state index is 6.74. The van der Waals surface area contributed by atoms with Crippen LogP contribution in [-0.4, -0.2) is 17.1 Å². The van der Waals surface area contributed by atoms with Gasteiger partial charge in [-0.1, -0.05) is 72.8 Å². The van der Waals surface area contributed by atoms with Crippen molar-refractivity contribution in [1.29, 1.82) is 0 Å². The Bertz CT molecular complexity index is 1640. The molecule has 0 saturated carbocycles. The molecule has 0 unspecified atom stereocenters. The highest BCUT2D eigenvalue weighted by molar-refractivity contribution is 6.79. The summed E-state index contributed by atoms with van der Waals surface area (Å²) >= 11 is 0. The third-order valence-electron chi connectivity index (χ3n) is 6.62. The first-order chi connectivity index (χ1) is 17.8. The average molecular weight is 519 g/mol. The quantitative estimate of drug-likeness (QED) is 0.162. The van der Waals surface area contributed by atoms with Crippen molar-refractivity contribution >= 4 is 60.2 Å². The summed E-state index contributed by atoms with van der Waals surface area (Å²) in [4.78, 5) is 0. The lowest BCUT2D eigenvalue weighted by molar-refractivity contribution is 0.336. The normalized spacial score (nSPS) is 12.4. The molecule has 0 bridgehead atoms. The molecule has 0 heterocycles. The van der Waals surface area contributed by atoms with Gasteiger partial charge in [-0.05, 0) is 94.9 Å². The molecule has 0 aliphatic heterocycles. The summed E-state index contributed by atoms with van der Waals surface area (Å²) in [5, 5.41) is 9.39. The number of hydrogen-bond acceptors (Lipinski definition) is 3. The molecular weight excluding hydrogens is 489 g/mol. The zero-order valence-corrected chi connectivity index (χ0v) is 23.6. The fourth-order valence-corrected chi connectivity index (χ4v) is 11.7. The van der Waals surface area contributed by atoms with E-state index < -0.39 is 17.1 Å². The lowest BCUT2D eigenvalue weighted by atomic mass is 10.0. The van der Waals surface area contributed by atoms with Gasteiger partial charge in [-0.25, -0.2) is 0 Å². The van der Waals surface area contributed by atoms with Gasteiger partial charge in [0.25, 0.3) is 0 Å². The second-order valence-corrected chi connectivity index (χ2v) is 17.3. The monoisotopic (exact) mass is 518 g/mol. The second-order valence-electron chi connectivity index (χ2n) is 10.5. The van der Waals surface area contributed by atoms with Crippen LogP contribution in [-0.2, 0) is 4.12 Å². The van der Waals surface area contributed by atoms with Crippen molar-refractivity contribution in [2.75, 3.05) is 0 Å². The molecule has 0 spiro atoms. The van der Waals surface area contributed by atoms with Crippen LogP contribution < -0.4 is 8.85 Å². The molecule has 0 aromatic heterocycles. The van der Waals surface area contributed by atoms with Gasteiger partial charge in [0.05, 0.1) is 0 Å². The van der Waals surface area contributed by atoms with Gasteiger partial charge in [0.2, 0.25) is 0 Å². The predicted octanol–water partition coefficient (Wildman–Crippen LogP) is 9.18. The van der Waals surface area contributed by atoms with Crippen molar-refractivity contribution in [2.24, 2.45) is 0 Å². The lowest BCUT2D eigenvalue weighted by Gasteiger charge is -2.33. The molecule has 6 aromatic rings. The summed E-state index contributed by atoms with van der Waals surface area (Å²) in [6.45, 7) is 8.40. The van der Waals surface area contributed by atoms with E-state index in [0.29, 0.717) is 0 Å². The lowest BCUT2D eigenvalue weighted by Crippen LogP contribution is -2.52. The topological polar surface area (TPSA) is 27.7 Å². The molecule has 0 amide bonds. The fourth-order valence-electron chi connectivity index (χ4n) is 5.22. The Kier molecular flexibility index (Phi) is 5.79. The van der Waals surface area contributed by atoms with Gasteiger partial charge in [0.1, 0.15) is 11.5 Å². The van der Waals surface area contributed by atoms with Crippen molar-refractivity contribution in [3.05, 3.63) is 109 Å². The zero-order valence-electron chi connectivity index (χ0n) is 21.6. The van der Waals surface area contributed by atoms with Gasteiger partial charge >= 0.3 is 17.1 Å².